The Balaban J connectivity index is 2.25. The van der Waals surface area contributed by atoms with Gasteiger partial charge in [-0.3, -0.25) is 4.57 Å². The highest BCUT2D eigenvalue weighted by atomic mass is 19.1. The van der Waals surface area contributed by atoms with Crippen LogP contribution in [-0.2, 0) is 11.3 Å². The highest BCUT2D eigenvalue weighted by Gasteiger charge is 2.22. The van der Waals surface area contributed by atoms with E-state index in [0.29, 0.717) is 27.6 Å². The molecule has 2 aromatic carbocycles. The van der Waals surface area contributed by atoms with E-state index >= 15 is 0 Å². The average molecular weight is 341 g/mol. The Kier molecular flexibility index (Phi) is 4.35. The van der Waals surface area contributed by atoms with E-state index in [4.69, 9.17) is 4.74 Å². The molecule has 4 nitrogen and oxygen atoms in total. The molecule has 3 aromatic rings. The number of hydrogen-bond acceptors (Lipinski definition) is 3. The Labute approximate surface area is 145 Å². The summed E-state index contributed by atoms with van der Waals surface area (Å²) in [5.41, 5.74) is 1.94. The summed E-state index contributed by atoms with van der Waals surface area (Å²) in [7, 11) is 0. The van der Waals surface area contributed by atoms with Crippen molar-refractivity contribution in [2.45, 2.75) is 33.0 Å². The number of carbonyl (C=O) groups is 1. The van der Waals surface area contributed by atoms with Crippen LogP contribution in [0.15, 0.2) is 48.7 Å². The summed E-state index contributed by atoms with van der Waals surface area (Å²) in [6, 6.07) is 11.5. The number of rotatable bonds is 2. The highest BCUT2D eigenvalue weighted by molar-refractivity contribution is 6.02. The number of halogens is 1. The van der Waals surface area contributed by atoms with Crippen molar-refractivity contribution >= 4 is 17.0 Å². The largest absolute Gasteiger partial charge is 0.443 e. The minimum atomic E-state index is -0.638. The van der Waals surface area contributed by atoms with Gasteiger partial charge in [0.15, 0.2) is 0 Å². The highest BCUT2D eigenvalue weighted by Crippen LogP contribution is 2.34. The zero-order chi connectivity index (χ0) is 18.2. The number of aliphatic hydroxyl groups is 1. The lowest BCUT2D eigenvalue weighted by Gasteiger charge is -2.19. The minimum Gasteiger partial charge on any atom is -0.443 e. The number of aliphatic hydroxyl groups excluding tert-OH is 1. The Morgan fingerprint density at radius 2 is 1.92 bits per heavy atom. The van der Waals surface area contributed by atoms with Gasteiger partial charge < -0.3 is 9.84 Å². The van der Waals surface area contributed by atoms with Crippen LogP contribution in [0.1, 0.15) is 26.3 Å². The van der Waals surface area contributed by atoms with E-state index in [1.165, 1.54) is 16.7 Å². The van der Waals surface area contributed by atoms with Crippen LogP contribution in [0.2, 0.25) is 0 Å². The van der Waals surface area contributed by atoms with Crippen molar-refractivity contribution in [1.29, 1.82) is 0 Å². The lowest BCUT2D eigenvalue weighted by atomic mass is 10.0. The fourth-order valence-electron chi connectivity index (χ4n) is 2.83. The number of ether oxygens (including phenoxy) is 1. The molecule has 0 spiro atoms. The number of aromatic nitrogens is 1. The van der Waals surface area contributed by atoms with Crippen molar-refractivity contribution in [3.8, 4) is 11.1 Å². The molecule has 1 aromatic heterocycles. The lowest BCUT2D eigenvalue weighted by molar-refractivity contribution is 0.0544. The van der Waals surface area contributed by atoms with E-state index in [-0.39, 0.29) is 12.4 Å². The number of nitrogens with zero attached hydrogens (tertiary/aromatic N) is 1. The van der Waals surface area contributed by atoms with Crippen LogP contribution in [0.3, 0.4) is 0 Å². The Bertz CT molecular complexity index is 938. The number of carbonyl (C=O) groups excluding carboxylic acids is 1. The van der Waals surface area contributed by atoms with E-state index < -0.39 is 11.7 Å². The van der Waals surface area contributed by atoms with Gasteiger partial charge in [0.05, 0.1) is 12.1 Å². The van der Waals surface area contributed by atoms with Gasteiger partial charge in [-0.25, -0.2) is 9.18 Å². The normalized spacial score (nSPS) is 11.7. The number of hydrogen-bond donors (Lipinski definition) is 1. The zero-order valence-corrected chi connectivity index (χ0v) is 14.4. The van der Waals surface area contributed by atoms with Gasteiger partial charge in [-0.05, 0) is 50.1 Å². The minimum absolute atomic E-state index is 0.183. The molecule has 0 atom stereocenters. The maximum Gasteiger partial charge on any atom is 0.419 e. The first-order chi connectivity index (χ1) is 11.8. The number of benzene rings is 2. The number of fused-ring (bicyclic) bond motifs is 1. The maximum absolute atomic E-state index is 13.7. The first-order valence-corrected chi connectivity index (χ1v) is 8.03. The molecule has 0 saturated heterocycles. The third kappa shape index (κ3) is 3.42. The molecule has 1 N–H and O–H groups in total. The summed E-state index contributed by atoms with van der Waals surface area (Å²) in [5.74, 6) is -0.364. The molecule has 0 aliphatic rings. The second-order valence-corrected chi connectivity index (χ2v) is 6.87. The van der Waals surface area contributed by atoms with Crippen LogP contribution >= 0.6 is 0 Å². The molecule has 0 fully saturated rings. The molecule has 0 aliphatic heterocycles. The van der Waals surface area contributed by atoms with Crippen molar-refractivity contribution < 1.29 is 19.0 Å². The molecule has 0 aliphatic carbocycles. The SMILES string of the molecule is CC(C)(C)OC(=O)n1cc(-c2cccc(F)c2)c2c(CO)cccc21. The van der Waals surface area contributed by atoms with Crippen LogP contribution < -0.4 is 0 Å². The van der Waals surface area contributed by atoms with Gasteiger partial charge >= 0.3 is 6.09 Å². The molecule has 130 valence electrons. The molecule has 25 heavy (non-hydrogen) atoms. The van der Waals surface area contributed by atoms with E-state index in [2.05, 4.69) is 0 Å². The molecule has 1 heterocycles. The molecule has 0 saturated carbocycles. The summed E-state index contributed by atoms with van der Waals surface area (Å²) in [6.07, 6.45) is 1.11. The van der Waals surface area contributed by atoms with Crippen LogP contribution in [0.4, 0.5) is 9.18 Å². The standard InChI is InChI=1S/C20H20FNO3/c1-20(2,3)25-19(24)22-11-16(13-6-4-8-15(21)10-13)18-14(12-23)7-5-9-17(18)22/h4-11,23H,12H2,1-3H3. The summed E-state index contributed by atoms with van der Waals surface area (Å²) in [6.45, 7) is 5.20. The van der Waals surface area contributed by atoms with E-state index in [9.17, 15) is 14.3 Å². The van der Waals surface area contributed by atoms with Crippen molar-refractivity contribution in [3.05, 3.63) is 60.0 Å². The maximum atomic E-state index is 13.7. The summed E-state index contributed by atoms with van der Waals surface area (Å²) < 4.78 is 20.5. The first-order valence-electron chi connectivity index (χ1n) is 8.03. The Morgan fingerprint density at radius 1 is 1.20 bits per heavy atom. The first kappa shape index (κ1) is 17.2. The van der Waals surface area contributed by atoms with Crippen LogP contribution in [-0.4, -0.2) is 21.4 Å². The monoisotopic (exact) mass is 341 g/mol. The second-order valence-electron chi connectivity index (χ2n) is 6.87. The van der Waals surface area contributed by atoms with E-state index in [1.807, 2.05) is 0 Å². The van der Waals surface area contributed by atoms with Crippen molar-refractivity contribution in [3.63, 3.8) is 0 Å². The Hall–Kier alpha value is -2.66. The van der Waals surface area contributed by atoms with Gasteiger partial charge in [-0.15, -0.1) is 0 Å². The third-order valence-electron chi connectivity index (χ3n) is 3.81. The van der Waals surface area contributed by atoms with Gasteiger partial charge in [0, 0.05) is 17.1 Å². The lowest BCUT2D eigenvalue weighted by Crippen LogP contribution is -2.26. The average Bonchev–Trinajstić information content (AvgIpc) is 2.93. The fourth-order valence-corrected chi connectivity index (χ4v) is 2.83. The smallest absolute Gasteiger partial charge is 0.419 e. The molecule has 3 rings (SSSR count). The Morgan fingerprint density at radius 3 is 2.56 bits per heavy atom. The van der Waals surface area contributed by atoms with E-state index in [0.717, 1.165) is 0 Å². The fraction of sp³-hybridized carbons (Fsp3) is 0.250. The van der Waals surface area contributed by atoms with Crippen LogP contribution in [0, 0.1) is 5.82 Å². The zero-order valence-electron chi connectivity index (χ0n) is 14.4. The molecule has 0 amide bonds. The topological polar surface area (TPSA) is 51.5 Å². The molecule has 0 radical (unpaired) electrons. The van der Waals surface area contributed by atoms with Gasteiger partial charge in [0.1, 0.15) is 11.4 Å². The van der Waals surface area contributed by atoms with Gasteiger partial charge in [0.2, 0.25) is 0 Å². The predicted molar refractivity (Wildman–Crippen MR) is 94.9 cm³/mol. The van der Waals surface area contributed by atoms with Crippen molar-refractivity contribution in [1.82, 2.24) is 4.57 Å². The molecule has 5 heteroatoms. The third-order valence-corrected chi connectivity index (χ3v) is 3.81. The van der Waals surface area contributed by atoms with Crippen LogP contribution in [0.25, 0.3) is 22.0 Å². The summed E-state index contributed by atoms with van der Waals surface area (Å²) in [5, 5.41) is 10.4. The summed E-state index contributed by atoms with van der Waals surface area (Å²) in [4.78, 5) is 12.6. The quantitative estimate of drug-likeness (QED) is 0.733. The second kappa shape index (κ2) is 6.33. The predicted octanol–water partition coefficient (Wildman–Crippen LogP) is 4.72. The van der Waals surface area contributed by atoms with Crippen molar-refractivity contribution in [2.24, 2.45) is 0 Å². The molecular formula is C20H20FNO3. The van der Waals surface area contributed by atoms with Gasteiger partial charge in [-0.2, -0.15) is 0 Å². The summed E-state index contributed by atoms with van der Waals surface area (Å²) >= 11 is 0. The molecule has 0 bridgehead atoms. The van der Waals surface area contributed by atoms with Gasteiger partial charge in [-0.1, -0.05) is 24.3 Å². The molecule has 0 unspecified atom stereocenters. The van der Waals surface area contributed by atoms with Crippen LogP contribution in [0.5, 0.6) is 0 Å². The van der Waals surface area contributed by atoms with E-state index in [1.54, 1.807) is 57.3 Å². The molecular weight excluding hydrogens is 321 g/mol. The van der Waals surface area contributed by atoms with Crippen molar-refractivity contribution in [2.75, 3.05) is 0 Å². The van der Waals surface area contributed by atoms with Gasteiger partial charge in [0.25, 0.3) is 0 Å².